The van der Waals surface area contributed by atoms with Gasteiger partial charge in [-0.15, -0.1) is 0 Å². The van der Waals surface area contributed by atoms with Crippen LogP contribution in [-0.4, -0.2) is 20.1 Å². The van der Waals surface area contributed by atoms with Gasteiger partial charge in [0.2, 0.25) is 0 Å². The van der Waals surface area contributed by atoms with E-state index in [0.717, 1.165) is 5.56 Å². The molecule has 2 aromatic carbocycles. The van der Waals surface area contributed by atoms with Crippen molar-refractivity contribution in [1.82, 2.24) is 0 Å². The molecular weight excluding hydrogens is 325 g/mol. The molecule has 0 aliphatic heterocycles. The van der Waals surface area contributed by atoms with Gasteiger partial charge in [-0.05, 0) is 36.4 Å². The van der Waals surface area contributed by atoms with Crippen LogP contribution in [0.5, 0.6) is 5.75 Å². The zero-order chi connectivity index (χ0) is 16.1. The summed E-state index contributed by atoms with van der Waals surface area (Å²) in [6, 6.07) is 10.00. The minimum absolute atomic E-state index is 0.288. The highest BCUT2D eigenvalue weighted by Crippen LogP contribution is 2.27. The summed E-state index contributed by atoms with van der Waals surface area (Å²) in [5, 5.41) is 3.65. The summed E-state index contributed by atoms with van der Waals surface area (Å²) in [5.74, 6) is 0.378. The second-order valence-electron chi connectivity index (χ2n) is 4.54. The first-order valence-corrected chi connectivity index (χ1v) is 7.23. The molecule has 0 spiro atoms. The van der Waals surface area contributed by atoms with Crippen molar-refractivity contribution < 1.29 is 14.3 Å². The number of carbonyl (C=O) groups is 1. The van der Waals surface area contributed by atoms with Gasteiger partial charge in [0.15, 0.2) is 0 Å². The van der Waals surface area contributed by atoms with E-state index in [9.17, 15) is 4.79 Å². The van der Waals surface area contributed by atoms with Crippen molar-refractivity contribution in [3.05, 3.63) is 57.6 Å². The SMILES string of the molecule is COCc1cc(C(=O)Nc2cc(Cl)ccc2Cl)ccc1OC. The highest BCUT2D eigenvalue weighted by atomic mass is 35.5. The maximum Gasteiger partial charge on any atom is 0.255 e. The van der Waals surface area contributed by atoms with Gasteiger partial charge in [-0.1, -0.05) is 23.2 Å². The van der Waals surface area contributed by atoms with E-state index in [4.69, 9.17) is 32.7 Å². The summed E-state index contributed by atoms with van der Waals surface area (Å²) in [7, 11) is 3.15. The lowest BCUT2D eigenvalue weighted by molar-refractivity contribution is 0.102. The number of nitrogens with one attached hydrogen (secondary N) is 1. The number of ether oxygens (including phenoxy) is 2. The first-order chi connectivity index (χ1) is 10.5. The number of carbonyl (C=O) groups excluding carboxylic acids is 1. The van der Waals surface area contributed by atoms with Crippen LogP contribution in [0.1, 0.15) is 15.9 Å². The van der Waals surface area contributed by atoms with Crippen LogP contribution in [0.15, 0.2) is 36.4 Å². The molecule has 0 aliphatic carbocycles. The van der Waals surface area contributed by atoms with Gasteiger partial charge in [-0.25, -0.2) is 0 Å². The average molecular weight is 340 g/mol. The Morgan fingerprint density at radius 1 is 1.14 bits per heavy atom. The van der Waals surface area contributed by atoms with Gasteiger partial charge < -0.3 is 14.8 Å². The smallest absolute Gasteiger partial charge is 0.255 e. The van der Waals surface area contributed by atoms with Gasteiger partial charge in [0.25, 0.3) is 5.91 Å². The van der Waals surface area contributed by atoms with Crippen molar-refractivity contribution in [3.8, 4) is 5.75 Å². The summed E-state index contributed by atoms with van der Waals surface area (Å²) in [5.41, 5.74) is 1.72. The van der Waals surface area contributed by atoms with Crippen LogP contribution in [-0.2, 0) is 11.3 Å². The molecule has 4 nitrogen and oxygen atoms in total. The highest BCUT2D eigenvalue weighted by molar-refractivity contribution is 6.35. The van der Waals surface area contributed by atoms with Crippen LogP contribution >= 0.6 is 23.2 Å². The second kappa shape index (κ2) is 7.49. The fourth-order valence-corrected chi connectivity index (χ4v) is 2.31. The Morgan fingerprint density at radius 2 is 1.91 bits per heavy atom. The van der Waals surface area contributed by atoms with E-state index in [1.54, 1.807) is 50.6 Å². The predicted octanol–water partition coefficient (Wildman–Crippen LogP) is 4.40. The Morgan fingerprint density at radius 3 is 2.59 bits per heavy atom. The molecule has 2 rings (SSSR count). The highest BCUT2D eigenvalue weighted by Gasteiger charge is 2.12. The topological polar surface area (TPSA) is 47.6 Å². The average Bonchev–Trinajstić information content (AvgIpc) is 2.51. The van der Waals surface area contributed by atoms with Crippen LogP contribution in [0.3, 0.4) is 0 Å². The summed E-state index contributed by atoms with van der Waals surface area (Å²) in [4.78, 5) is 12.3. The number of rotatable bonds is 5. The van der Waals surface area contributed by atoms with E-state index in [1.807, 2.05) is 0 Å². The van der Waals surface area contributed by atoms with E-state index in [0.29, 0.717) is 33.7 Å². The summed E-state index contributed by atoms with van der Waals surface area (Å²) in [6.07, 6.45) is 0. The number of benzene rings is 2. The predicted molar refractivity (Wildman–Crippen MR) is 88.1 cm³/mol. The van der Waals surface area contributed by atoms with Crippen LogP contribution in [0.25, 0.3) is 0 Å². The lowest BCUT2D eigenvalue weighted by Gasteiger charge is -2.11. The van der Waals surface area contributed by atoms with Crippen LogP contribution in [0.4, 0.5) is 5.69 Å². The lowest BCUT2D eigenvalue weighted by Crippen LogP contribution is -2.13. The number of anilines is 1. The lowest BCUT2D eigenvalue weighted by atomic mass is 10.1. The van der Waals surface area contributed by atoms with Crippen molar-refractivity contribution in [2.75, 3.05) is 19.5 Å². The Hall–Kier alpha value is -1.75. The van der Waals surface area contributed by atoms with Crippen molar-refractivity contribution in [1.29, 1.82) is 0 Å². The number of hydrogen-bond donors (Lipinski definition) is 1. The first-order valence-electron chi connectivity index (χ1n) is 6.47. The van der Waals surface area contributed by atoms with E-state index in [1.165, 1.54) is 0 Å². The minimum Gasteiger partial charge on any atom is -0.496 e. The molecule has 2 aromatic rings. The molecule has 0 radical (unpaired) electrons. The number of amides is 1. The fourth-order valence-electron chi connectivity index (χ4n) is 1.98. The fraction of sp³-hybridized carbons (Fsp3) is 0.188. The maximum atomic E-state index is 12.3. The standard InChI is InChI=1S/C16H15Cl2NO3/c1-21-9-11-7-10(3-6-15(11)22-2)16(20)19-14-8-12(17)4-5-13(14)18/h3-8H,9H2,1-2H3,(H,19,20). The number of halogens is 2. The first kappa shape index (κ1) is 16.6. The molecule has 0 aromatic heterocycles. The molecule has 0 fully saturated rings. The summed E-state index contributed by atoms with van der Waals surface area (Å²) >= 11 is 12.0. The normalized spacial score (nSPS) is 10.4. The van der Waals surface area contributed by atoms with Crippen molar-refractivity contribution in [2.45, 2.75) is 6.61 Å². The van der Waals surface area contributed by atoms with Crippen molar-refractivity contribution >= 4 is 34.8 Å². The molecule has 0 heterocycles. The monoisotopic (exact) mass is 339 g/mol. The molecular formula is C16H15Cl2NO3. The van der Waals surface area contributed by atoms with Gasteiger partial charge >= 0.3 is 0 Å². The van der Waals surface area contributed by atoms with E-state index in [2.05, 4.69) is 5.32 Å². The molecule has 0 saturated carbocycles. The molecule has 22 heavy (non-hydrogen) atoms. The Kier molecular flexibility index (Phi) is 5.66. The Balaban J connectivity index is 2.25. The third kappa shape index (κ3) is 3.91. The van der Waals surface area contributed by atoms with Crippen LogP contribution < -0.4 is 10.1 Å². The molecule has 0 unspecified atom stereocenters. The van der Waals surface area contributed by atoms with E-state index < -0.39 is 0 Å². The molecule has 6 heteroatoms. The summed E-state index contributed by atoms with van der Waals surface area (Å²) in [6.45, 7) is 0.349. The summed E-state index contributed by atoms with van der Waals surface area (Å²) < 4.78 is 10.3. The third-order valence-electron chi connectivity index (χ3n) is 3.02. The van der Waals surface area contributed by atoms with Crippen LogP contribution in [0, 0.1) is 0 Å². The Bertz CT molecular complexity index is 689. The van der Waals surface area contributed by atoms with Gasteiger partial charge in [-0.3, -0.25) is 4.79 Å². The molecule has 0 saturated heterocycles. The molecule has 116 valence electrons. The molecule has 1 N–H and O–H groups in total. The number of methoxy groups -OCH3 is 2. The zero-order valence-electron chi connectivity index (χ0n) is 12.2. The second-order valence-corrected chi connectivity index (χ2v) is 5.38. The minimum atomic E-state index is -0.288. The van der Waals surface area contributed by atoms with Crippen LogP contribution in [0.2, 0.25) is 10.0 Å². The largest absolute Gasteiger partial charge is 0.496 e. The molecule has 0 atom stereocenters. The number of hydrogen-bond acceptors (Lipinski definition) is 3. The van der Waals surface area contributed by atoms with E-state index in [-0.39, 0.29) is 5.91 Å². The third-order valence-corrected chi connectivity index (χ3v) is 3.58. The van der Waals surface area contributed by atoms with Crippen molar-refractivity contribution in [2.24, 2.45) is 0 Å². The molecule has 0 aliphatic rings. The van der Waals surface area contributed by atoms with Gasteiger partial charge in [0.05, 0.1) is 24.4 Å². The molecule has 0 bridgehead atoms. The van der Waals surface area contributed by atoms with Gasteiger partial charge in [0.1, 0.15) is 5.75 Å². The van der Waals surface area contributed by atoms with E-state index >= 15 is 0 Å². The van der Waals surface area contributed by atoms with Crippen molar-refractivity contribution in [3.63, 3.8) is 0 Å². The maximum absolute atomic E-state index is 12.3. The quantitative estimate of drug-likeness (QED) is 0.878. The van der Waals surface area contributed by atoms with Gasteiger partial charge in [-0.2, -0.15) is 0 Å². The Labute approximate surface area is 138 Å². The zero-order valence-corrected chi connectivity index (χ0v) is 13.7. The van der Waals surface area contributed by atoms with Gasteiger partial charge in [0, 0.05) is 23.3 Å². The molecule has 1 amide bonds.